The molecule has 106 valence electrons. The fourth-order valence-electron chi connectivity index (χ4n) is 1.64. The van der Waals surface area contributed by atoms with Gasteiger partial charge in [-0.15, -0.1) is 0 Å². The molecule has 0 saturated carbocycles. The Morgan fingerprint density at radius 2 is 1.70 bits per heavy atom. The third kappa shape index (κ3) is 3.48. The highest BCUT2D eigenvalue weighted by Gasteiger charge is 2.18. The number of hydrogen-bond donors (Lipinski definition) is 1. The summed E-state index contributed by atoms with van der Waals surface area (Å²) < 4.78 is 42.7. The molecule has 0 aromatic heterocycles. The van der Waals surface area contributed by atoms with Crippen molar-refractivity contribution < 1.29 is 17.5 Å². The number of ether oxygens (including phenoxy) is 1. The second-order valence-corrected chi connectivity index (χ2v) is 6.24. The number of anilines is 1. The molecule has 0 atom stereocenters. The van der Waals surface area contributed by atoms with Gasteiger partial charge in [0.2, 0.25) is 0 Å². The van der Waals surface area contributed by atoms with Gasteiger partial charge in [-0.1, -0.05) is 12.1 Å². The molecule has 0 aliphatic carbocycles. The van der Waals surface area contributed by atoms with E-state index in [1.165, 1.54) is 18.2 Å². The molecule has 0 radical (unpaired) electrons. The van der Waals surface area contributed by atoms with Crippen molar-refractivity contribution in [3.63, 3.8) is 0 Å². The van der Waals surface area contributed by atoms with Crippen molar-refractivity contribution in [1.29, 1.82) is 0 Å². The predicted octanol–water partition coefficient (Wildman–Crippen LogP) is 2.26. The molecule has 0 bridgehead atoms. The van der Waals surface area contributed by atoms with Gasteiger partial charge in [0.15, 0.2) is 9.84 Å². The summed E-state index contributed by atoms with van der Waals surface area (Å²) in [6, 6.07) is 11.9. The Balaban J connectivity index is 2.00. The first kappa shape index (κ1) is 14.3. The van der Waals surface area contributed by atoms with Crippen molar-refractivity contribution in [2.75, 3.05) is 18.1 Å². The largest absolute Gasteiger partial charge is 0.493 e. The standard InChI is InChI=1S/C14H14FNO3S/c15-13-3-1-2-4-14(13)20(17,18)10-9-19-12-7-5-11(16)6-8-12/h1-8H,9-10,16H2. The Labute approximate surface area is 116 Å². The van der Waals surface area contributed by atoms with Gasteiger partial charge in [-0.2, -0.15) is 0 Å². The summed E-state index contributed by atoms with van der Waals surface area (Å²) in [5, 5.41) is 0. The normalized spacial score (nSPS) is 11.2. The molecule has 0 saturated heterocycles. The summed E-state index contributed by atoms with van der Waals surface area (Å²) in [7, 11) is -3.69. The lowest BCUT2D eigenvalue weighted by atomic mass is 10.3. The third-order valence-corrected chi connectivity index (χ3v) is 4.38. The number of nitrogens with two attached hydrogens (primary N) is 1. The minimum atomic E-state index is -3.69. The van der Waals surface area contributed by atoms with Crippen LogP contribution < -0.4 is 10.5 Å². The quantitative estimate of drug-likeness (QED) is 0.859. The van der Waals surface area contributed by atoms with Crippen LogP contribution in [-0.4, -0.2) is 20.8 Å². The first-order valence-corrected chi connectivity index (χ1v) is 7.60. The van der Waals surface area contributed by atoms with Crippen LogP contribution in [0.1, 0.15) is 0 Å². The molecule has 0 aliphatic rings. The number of halogens is 1. The molecule has 0 fully saturated rings. The first-order chi connectivity index (χ1) is 9.49. The van der Waals surface area contributed by atoms with E-state index in [4.69, 9.17) is 10.5 Å². The molecule has 0 aliphatic heterocycles. The Morgan fingerprint density at radius 1 is 1.05 bits per heavy atom. The summed E-state index contributed by atoms with van der Waals surface area (Å²) in [5.74, 6) is -0.527. The lowest BCUT2D eigenvalue weighted by Crippen LogP contribution is -2.15. The molecule has 0 unspecified atom stereocenters. The highest BCUT2D eigenvalue weighted by Crippen LogP contribution is 2.16. The van der Waals surface area contributed by atoms with Crippen LogP contribution >= 0.6 is 0 Å². The summed E-state index contributed by atoms with van der Waals surface area (Å²) in [5.41, 5.74) is 6.12. The van der Waals surface area contributed by atoms with Crippen LogP contribution in [0.2, 0.25) is 0 Å². The number of benzene rings is 2. The Kier molecular flexibility index (Phi) is 4.24. The molecule has 2 rings (SSSR count). The summed E-state index contributed by atoms with van der Waals surface area (Å²) in [6.45, 7) is -0.0550. The lowest BCUT2D eigenvalue weighted by Gasteiger charge is -2.08. The number of nitrogen functional groups attached to an aromatic ring is 1. The van der Waals surface area contributed by atoms with Crippen LogP contribution in [0.25, 0.3) is 0 Å². The van der Waals surface area contributed by atoms with Crippen molar-refractivity contribution >= 4 is 15.5 Å². The molecular formula is C14H14FNO3S. The highest BCUT2D eigenvalue weighted by molar-refractivity contribution is 7.91. The molecule has 2 N–H and O–H groups in total. The second-order valence-electron chi connectivity index (χ2n) is 4.17. The van der Waals surface area contributed by atoms with E-state index in [0.29, 0.717) is 11.4 Å². The van der Waals surface area contributed by atoms with Gasteiger partial charge in [0.05, 0.1) is 5.75 Å². The van der Waals surface area contributed by atoms with E-state index >= 15 is 0 Å². The number of rotatable bonds is 5. The van der Waals surface area contributed by atoms with Gasteiger partial charge in [-0.25, -0.2) is 12.8 Å². The molecular weight excluding hydrogens is 281 g/mol. The average molecular weight is 295 g/mol. The second kappa shape index (κ2) is 5.92. The van der Waals surface area contributed by atoms with E-state index in [1.54, 1.807) is 24.3 Å². The van der Waals surface area contributed by atoms with Crippen LogP contribution in [-0.2, 0) is 9.84 Å². The van der Waals surface area contributed by atoms with Gasteiger partial charge in [-0.05, 0) is 36.4 Å². The Morgan fingerprint density at radius 3 is 2.35 bits per heavy atom. The Hall–Kier alpha value is -2.08. The van der Waals surface area contributed by atoms with Gasteiger partial charge >= 0.3 is 0 Å². The number of hydrogen-bond acceptors (Lipinski definition) is 4. The van der Waals surface area contributed by atoms with Crippen molar-refractivity contribution in [3.05, 3.63) is 54.3 Å². The minimum Gasteiger partial charge on any atom is -0.493 e. The summed E-state index contributed by atoms with van der Waals surface area (Å²) >= 11 is 0. The first-order valence-electron chi connectivity index (χ1n) is 5.95. The molecule has 4 nitrogen and oxygen atoms in total. The maximum atomic E-state index is 13.4. The van der Waals surface area contributed by atoms with Crippen LogP contribution in [0.4, 0.5) is 10.1 Å². The van der Waals surface area contributed by atoms with Crippen LogP contribution in [0.15, 0.2) is 53.4 Å². The fourth-order valence-corrected chi connectivity index (χ4v) is 2.81. The van der Waals surface area contributed by atoms with E-state index in [2.05, 4.69) is 0 Å². The van der Waals surface area contributed by atoms with Gasteiger partial charge in [0.1, 0.15) is 23.1 Å². The maximum absolute atomic E-state index is 13.4. The van der Waals surface area contributed by atoms with Crippen molar-refractivity contribution in [3.8, 4) is 5.75 Å². The molecule has 20 heavy (non-hydrogen) atoms. The van der Waals surface area contributed by atoms with E-state index in [9.17, 15) is 12.8 Å². The molecule has 6 heteroatoms. The molecule has 2 aromatic rings. The van der Waals surface area contributed by atoms with Gasteiger partial charge in [0, 0.05) is 5.69 Å². The zero-order valence-electron chi connectivity index (χ0n) is 10.6. The van der Waals surface area contributed by atoms with E-state index in [-0.39, 0.29) is 17.3 Å². The van der Waals surface area contributed by atoms with Gasteiger partial charge < -0.3 is 10.5 Å². The van der Waals surface area contributed by atoms with Crippen molar-refractivity contribution in [2.24, 2.45) is 0 Å². The van der Waals surface area contributed by atoms with E-state index in [1.807, 2.05) is 0 Å². The van der Waals surface area contributed by atoms with Crippen LogP contribution in [0.3, 0.4) is 0 Å². The maximum Gasteiger partial charge on any atom is 0.184 e. The van der Waals surface area contributed by atoms with Crippen LogP contribution in [0, 0.1) is 5.82 Å². The predicted molar refractivity (Wildman–Crippen MR) is 74.8 cm³/mol. The van der Waals surface area contributed by atoms with E-state index in [0.717, 1.165) is 6.07 Å². The number of sulfone groups is 1. The average Bonchev–Trinajstić information content (AvgIpc) is 2.41. The van der Waals surface area contributed by atoms with E-state index < -0.39 is 15.7 Å². The highest BCUT2D eigenvalue weighted by atomic mass is 32.2. The fraction of sp³-hybridized carbons (Fsp3) is 0.143. The third-order valence-electron chi connectivity index (χ3n) is 2.67. The molecule has 2 aromatic carbocycles. The molecule has 0 heterocycles. The van der Waals surface area contributed by atoms with Gasteiger partial charge in [-0.3, -0.25) is 0 Å². The topological polar surface area (TPSA) is 69.4 Å². The zero-order valence-corrected chi connectivity index (χ0v) is 11.4. The Bertz CT molecular complexity index is 684. The molecule has 0 amide bonds. The smallest absolute Gasteiger partial charge is 0.184 e. The van der Waals surface area contributed by atoms with Crippen molar-refractivity contribution in [2.45, 2.75) is 4.90 Å². The lowest BCUT2D eigenvalue weighted by molar-refractivity contribution is 0.341. The SMILES string of the molecule is Nc1ccc(OCCS(=O)(=O)c2ccccc2F)cc1. The van der Waals surface area contributed by atoms with Gasteiger partial charge in [0.25, 0.3) is 0 Å². The summed E-state index contributed by atoms with van der Waals surface area (Å²) in [6.07, 6.45) is 0. The molecule has 0 spiro atoms. The van der Waals surface area contributed by atoms with Crippen molar-refractivity contribution in [1.82, 2.24) is 0 Å². The minimum absolute atomic E-state index is 0.0550. The monoisotopic (exact) mass is 295 g/mol. The zero-order chi connectivity index (χ0) is 14.6. The summed E-state index contributed by atoms with van der Waals surface area (Å²) in [4.78, 5) is -0.305. The van der Waals surface area contributed by atoms with Crippen LogP contribution in [0.5, 0.6) is 5.75 Å².